The first-order valence-corrected chi connectivity index (χ1v) is 6.56. The second-order valence-corrected chi connectivity index (χ2v) is 5.13. The molecule has 0 aromatic heterocycles. The van der Waals surface area contributed by atoms with Crippen molar-refractivity contribution < 1.29 is 0 Å². The highest BCUT2D eigenvalue weighted by molar-refractivity contribution is 4.97. The van der Waals surface area contributed by atoms with Crippen molar-refractivity contribution >= 4 is 0 Å². The summed E-state index contributed by atoms with van der Waals surface area (Å²) in [5.74, 6) is 0.285. The van der Waals surface area contributed by atoms with Crippen molar-refractivity contribution in [2.45, 2.75) is 69.9 Å². The van der Waals surface area contributed by atoms with E-state index >= 15 is 0 Å². The predicted octanol–water partition coefficient (Wildman–Crippen LogP) is 2.99. The van der Waals surface area contributed by atoms with Crippen molar-refractivity contribution in [2.24, 2.45) is 5.92 Å². The van der Waals surface area contributed by atoms with E-state index in [4.69, 9.17) is 5.26 Å². The van der Waals surface area contributed by atoms with Gasteiger partial charge in [0.2, 0.25) is 0 Å². The Bertz CT molecular complexity index is 223. The summed E-state index contributed by atoms with van der Waals surface area (Å²) >= 11 is 0. The molecule has 15 heavy (non-hydrogen) atoms. The summed E-state index contributed by atoms with van der Waals surface area (Å²) in [6.07, 6.45) is 11.8. The quantitative estimate of drug-likeness (QED) is 0.705. The lowest BCUT2D eigenvalue weighted by molar-refractivity contribution is 0.368. The van der Waals surface area contributed by atoms with Crippen LogP contribution in [0.2, 0.25) is 0 Å². The molecule has 0 aliphatic heterocycles. The number of hydrogen-bond donors (Lipinski definition) is 1. The fourth-order valence-electron chi connectivity index (χ4n) is 3.06. The van der Waals surface area contributed by atoms with Gasteiger partial charge >= 0.3 is 0 Å². The van der Waals surface area contributed by atoms with Gasteiger partial charge in [-0.15, -0.1) is 0 Å². The Morgan fingerprint density at radius 3 is 2.27 bits per heavy atom. The van der Waals surface area contributed by atoms with Gasteiger partial charge in [-0.2, -0.15) is 5.26 Å². The molecule has 0 amide bonds. The lowest BCUT2D eigenvalue weighted by Crippen LogP contribution is -2.39. The van der Waals surface area contributed by atoms with E-state index in [0.29, 0.717) is 12.1 Å². The highest BCUT2D eigenvalue weighted by Crippen LogP contribution is 2.27. The summed E-state index contributed by atoms with van der Waals surface area (Å²) in [6, 6.07) is 3.66. The second kappa shape index (κ2) is 5.51. The molecule has 2 fully saturated rings. The number of hydrogen-bond acceptors (Lipinski definition) is 2. The van der Waals surface area contributed by atoms with Gasteiger partial charge in [-0.1, -0.05) is 32.1 Å². The molecular weight excluding hydrogens is 184 g/mol. The monoisotopic (exact) mass is 206 g/mol. The normalized spacial score (nSPS) is 33.5. The largest absolute Gasteiger partial charge is 0.310 e. The van der Waals surface area contributed by atoms with Crippen LogP contribution in [-0.4, -0.2) is 12.1 Å². The molecule has 2 heteroatoms. The molecule has 0 spiro atoms. The van der Waals surface area contributed by atoms with Crippen LogP contribution in [0.1, 0.15) is 57.8 Å². The van der Waals surface area contributed by atoms with E-state index in [1.54, 1.807) is 0 Å². The fraction of sp³-hybridized carbons (Fsp3) is 0.923. The van der Waals surface area contributed by atoms with E-state index in [0.717, 1.165) is 6.42 Å². The fourth-order valence-corrected chi connectivity index (χ4v) is 3.06. The Morgan fingerprint density at radius 1 is 0.867 bits per heavy atom. The number of rotatable bonds is 2. The molecule has 0 saturated heterocycles. The molecule has 0 aromatic carbocycles. The maximum atomic E-state index is 9.03. The van der Waals surface area contributed by atoms with Crippen LogP contribution in [0.15, 0.2) is 0 Å². The summed E-state index contributed by atoms with van der Waals surface area (Å²) < 4.78 is 0. The molecule has 2 aliphatic carbocycles. The summed E-state index contributed by atoms with van der Waals surface area (Å²) in [7, 11) is 0. The third-order valence-electron chi connectivity index (χ3n) is 3.99. The van der Waals surface area contributed by atoms with Crippen LogP contribution in [0.5, 0.6) is 0 Å². The molecular formula is C13H22N2. The molecule has 1 N–H and O–H groups in total. The predicted molar refractivity (Wildman–Crippen MR) is 61.4 cm³/mol. The minimum atomic E-state index is 0.285. The zero-order valence-corrected chi connectivity index (χ0v) is 9.54. The van der Waals surface area contributed by atoms with Gasteiger partial charge in [0.25, 0.3) is 0 Å². The first-order chi connectivity index (χ1) is 7.40. The molecule has 2 aliphatic rings. The van der Waals surface area contributed by atoms with E-state index < -0.39 is 0 Å². The van der Waals surface area contributed by atoms with Gasteiger partial charge < -0.3 is 5.32 Å². The van der Waals surface area contributed by atoms with Crippen LogP contribution >= 0.6 is 0 Å². The molecule has 2 nitrogen and oxygen atoms in total. The van der Waals surface area contributed by atoms with Crippen molar-refractivity contribution in [3.05, 3.63) is 0 Å². The molecule has 0 heterocycles. The first kappa shape index (κ1) is 11.0. The molecule has 2 atom stereocenters. The van der Waals surface area contributed by atoms with E-state index in [2.05, 4.69) is 11.4 Å². The Morgan fingerprint density at radius 2 is 1.60 bits per heavy atom. The summed E-state index contributed by atoms with van der Waals surface area (Å²) in [4.78, 5) is 0. The van der Waals surface area contributed by atoms with E-state index in [1.165, 1.54) is 51.4 Å². The van der Waals surface area contributed by atoms with E-state index in [9.17, 15) is 0 Å². The number of nitrogens with zero attached hydrogens (tertiary/aromatic N) is 1. The molecule has 2 rings (SSSR count). The van der Waals surface area contributed by atoms with E-state index in [1.807, 2.05) is 0 Å². The van der Waals surface area contributed by atoms with Gasteiger partial charge in [-0.05, 0) is 25.7 Å². The highest BCUT2D eigenvalue weighted by atomic mass is 15.0. The average molecular weight is 206 g/mol. The van der Waals surface area contributed by atoms with Gasteiger partial charge in [-0.25, -0.2) is 0 Å². The van der Waals surface area contributed by atoms with Gasteiger partial charge in [-0.3, -0.25) is 0 Å². The van der Waals surface area contributed by atoms with Crippen LogP contribution in [0.25, 0.3) is 0 Å². The highest BCUT2D eigenvalue weighted by Gasteiger charge is 2.28. The van der Waals surface area contributed by atoms with Crippen LogP contribution in [-0.2, 0) is 0 Å². The molecule has 0 bridgehead atoms. The molecule has 0 radical (unpaired) electrons. The Hall–Kier alpha value is -0.550. The molecule has 2 unspecified atom stereocenters. The van der Waals surface area contributed by atoms with Crippen LogP contribution < -0.4 is 5.32 Å². The zero-order chi connectivity index (χ0) is 10.5. The van der Waals surface area contributed by atoms with Gasteiger partial charge in [0.15, 0.2) is 0 Å². The Balaban J connectivity index is 1.82. The third-order valence-corrected chi connectivity index (χ3v) is 3.99. The maximum absolute atomic E-state index is 9.03. The number of nitriles is 1. The lowest BCUT2D eigenvalue weighted by Gasteiger charge is -2.23. The topological polar surface area (TPSA) is 35.8 Å². The SMILES string of the molecule is N#CC1CCCC1NC1CCCCCC1. The first-order valence-electron chi connectivity index (χ1n) is 6.56. The third kappa shape index (κ3) is 2.95. The smallest absolute Gasteiger partial charge is 0.0672 e. The minimum absolute atomic E-state index is 0.285. The standard InChI is InChI=1S/C13H22N2/c14-10-11-6-5-9-13(11)15-12-7-3-1-2-4-8-12/h11-13,15H,1-9H2. The average Bonchev–Trinajstić information content (AvgIpc) is 2.53. The van der Waals surface area contributed by atoms with E-state index in [-0.39, 0.29) is 5.92 Å². The minimum Gasteiger partial charge on any atom is -0.310 e. The zero-order valence-electron chi connectivity index (χ0n) is 9.54. The van der Waals surface area contributed by atoms with Crippen molar-refractivity contribution in [1.29, 1.82) is 5.26 Å². The Kier molecular flexibility index (Phi) is 4.02. The Labute approximate surface area is 93.0 Å². The van der Waals surface area contributed by atoms with Crippen molar-refractivity contribution in [3.63, 3.8) is 0 Å². The van der Waals surface area contributed by atoms with Gasteiger partial charge in [0.05, 0.1) is 12.0 Å². The van der Waals surface area contributed by atoms with Gasteiger partial charge in [0, 0.05) is 12.1 Å². The summed E-state index contributed by atoms with van der Waals surface area (Å²) in [5.41, 5.74) is 0. The lowest BCUT2D eigenvalue weighted by atomic mass is 10.0. The molecule has 0 aromatic rings. The molecule has 2 saturated carbocycles. The second-order valence-electron chi connectivity index (χ2n) is 5.13. The summed E-state index contributed by atoms with van der Waals surface area (Å²) in [5, 5.41) is 12.8. The maximum Gasteiger partial charge on any atom is 0.0672 e. The summed E-state index contributed by atoms with van der Waals surface area (Å²) in [6.45, 7) is 0. The van der Waals surface area contributed by atoms with Crippen LogP contribution in [0.4, 0.5) is 0 Å². The number of nitrogens with one attached hydrogen (secondary N) is 1. The van der Waals surface area contributed by atoms with Crippen molar-refractivity contribution in [3.8, 4) is 6.07 Å². The molecule has 84 valence electrons. The van der Waals surface area contributed by atoms with Crippen LogP contribution in [0, 0.1) is 17.2 Å². The van der Waals surface area contributed by atoms with Gasteiger partial charge in [0.1, 0.15) is 0 Å². The van der Waals surface area contributed by atoms with Crippen molar-refractivity contribution in [2.75, 3.05) is 0 Å². The van der Waals surface area contributed by atoms with Crippen LogP contribution in [0.3, 0.4) is 0 Å². The van der Waals surface area contributed by atoms with Crippen molar-refractivity contribution in [1.82, 2.24) is 5.32 Å².